The third kappa shape index (κ3) is 6.06. The zero-order valence-electron chi connectivity index (χ0n) is 19.3. The summed E-state index contributed by atoms with van der Waals surface area (Å²) in [4.78, 5) is 25.4. The van der Waals surface area contributed by atoms with Gasteiger partial charge >= 0.3 is 0 Å². The molecule has 32 heavy (non-hydrogen) atoms. The number of amides is 2. The molecule has 168 valence electrons. The fourth-order valence-corrected chi connectivity index (χ4v) is 3.73. The third-order valence-electron chi connectivity index (χ3n) is 5.62. The van der Waals surface area contributed by atoms with E-state index in [-0.39, 0.29) is 24.2 Å². The molecular formula is C26H32N4O2. The molecule has 0 spiro atoms. The maximum atomic E-state index is 12.9. The number of hydrogen-bond acceptors (Lipinski definition) is 3. The summed E-state index contributed by atoms with van der Waals surface area (Å²) < 4.78 is 1.97. The van der Waals surface area contributed by atoms with Crippen molar-refractivity contribution in [3.8, 4) is 0 Å². The number of aryl methyl sites for hydroxylation is 1. The second kappa shape index (κ2) is 10.8. The van der Waals surface area contributed by atoms with Crippen LogP contribution in [0.4, 0.5) is 0 Å². The van der Waals surface area contributed by atoms with Crippen LogP contribution in [0.5, 0.6) is 0 Å². The molecule has 1 heterocycles. The molecule has 3 aromatic rings. The number of benzene rings is 2. The summed E-state index contributed by atoms with van der Waals surface area (Å²) >= 11 is 0. The van der Waals surface area contributed by atoms with Crippen molar-refractivity contribution in [1.29, 1.82) is 0 Å². The van der Waals surface area contributed by atoms with E-state index in [1.807, 2.05) is 80.9 Å². The molecule has 3 rings (SSSR count). The van der Waals surface area contributed by atoms with Crippen LogP contribution in [0.3, 0.4) is 0 Å². The van der Waals surface area contributed by atoms with Crippen molar-refractivity contribution in [2.24, 2.45) is 5.92 Å². The highest BCUT2D eigenvalue weighted by Gasteiger charge is 2.24. The lowest BCUT2D eigenvalue weighted by molar-refractivity contribution is -0.129. The van der Waals surface area contributed by atoms with Gasteiger partial charge in [-0.3, -0.25) is 14.3 Å². The first-order valence-corrected chi connectivity index (χ1v) is 11.0. The van der Waals surface area contributed by atoms with Gasteiger partial charge < -0.3 is 10.6 Å². The van der Waals surface area contributed by atoms with E-state index < -0.39 is 6.04 Å². The second-order valence-electron chi connectivity index (χ2n) is 8.46. The van der Waals surface area contributed by atoms with Gasteiger partial charge in [-0.2, -0.15) is 5.10 Å². The fraction of sp³-hybridized carbons (Fsp3) is 0.346. The van der Waals surface area contributed by atoms with Crippen LogP contribution in [-0.2, 0) is 29.1 Å². The van der Waals surface area contributed by atoms with Gasteiger partial charge in [-0.1, -0.05) is 74.5 Å². The maximum absolute atomic E-state index is 12.9. The quantitative estimate of drug-likeness (QED) is 0.543. The monoisotopic (exact) mass is 432 g/mol. The Bertz CT molecular complexity index is 1040. The Kier molecular flexibility index (Phi) is 7.82. The van der Waals surface area contributed by atoms with E-state index in [0.717, 1.165) is 22.5 Å². The van der Waals surface area contributed by atoms with Gasteiger partial charge in [0, 0.05) is 17.8 Å². The van der Waals surface area contributed by atoms with Gasteiger partial charge in [0.15, 0.2) is 0 Å². The topological polar surface area (TPSA) is 76.0 Å². The van der Waals surface area contributed by atoms with E-state index in [4.69, 9.17) is 0 Å². The van der Waals surface area contributed by atoms with Crippen molar-refractivity contribution in [2.45, 2.75) is 53.2 Å². The highest BCUT2D eigenvalue weighted by Crippen LogP contribution is 2.15. The van der Waals surface area contributed by atoms with Gasteiger partial charge in [0.25, 0.3) is 0 Å². The predicted molar refractivity (Wildman–Crippen MR) is 126 cm³/mol. The van der Waals surface area contributed by atoms with Crippen molar-refractivity contribution in [2.75, 3.05) is 0 Å². The van der Waals surface area contributed by atoms with Crippen molar-refractivity contribution in [3.63, 3.8) is 0 Å². The van der Waals surface area contributed by atoms with Gasteiger partial charge in [-0.05, 0) is 30.9 Å². The lowest BCUT2D eigenvalue weighted by Crippen LogP contribution is -2.50. The molecule has 0 unspecified atom stereocenters. The van der Waals surface area contributed by atoms with E-state index >= 15 is 0 Å². The van der Waals surface area contributed by atoms with Gasteiger partial charge in [-0.15, -0.1) is 0 Å². The summed E-state index contributed by atoms with van der Waals surface area (Å²) in [6.07, 6.45) is 0.252. The Morgan fingerprint density at radius 3 is 2.12 bits per heavy atom. The summed E-state index contributed by atoms with van der Waals surface area (Å²) in [6, 6.07) is 19.1. The highest BCUT2D eigenvalue weighted by molar-refractivity contribution is 5.88. The first kappa shape index (κ1) is 23.3. The summed E-state index contributed by atoms with van der Waals surface area (Å²) in [5.41, 5.74) is 5.03. The summed E-state index contributed by atoms with van der Waals surface area (Å²) in [7, 11) is 0. The minimum absolute atomic E-state index is 0.0299. The molecule has 6 nitrogen and oxygen atoms in total. The van der Waals surface area contributed by atoms with Gasteiger partial charge in [0.05, 0.1) is 18.7 Å². The van der Waals surface area contributed by atoms with Crippen LogP contribution < -0.4 is 10.6 Å². The molecule has 0 aliphatic carbocycles. The fourth-order valence-electron chi connectivity index (χ4n) is 3.73. The van der Waals surface area contributed by atoms with E-state index in [1.165, 1.54) is 5.56 Å². The van der Waals surface area contributed by atoms with Crippen LogP contribution in [0.15, 0.2) is 60.7 Å². The molecule has 6 heteroatoms. The minimum atomic E-state index is -0.591. The van der Waals surface area contributed by atoms with Crippen molar-refractivity contribution < 1.29 is 9.59 Å². The molecule has 0 saturated carbocycles. The van der Waals surface area contributed by atoms with Crippen LogP contribution >= 0.6 is 0 Å². The largest absolute Gasteiger partial charge is 0.350 e. The Morgan fingerprint density at radius 1 is 0.938 bits per heavy atom. The van der Waals surface area contributed by atoms with Gasteiger partial charge in [-0.25, -0.2) is 0 Å². The molecule has 2 aromatic carbocycles. The number of carbonyl (C=O) groups excluding carboxylic acids is 2. The van der Waals surface area contributed by atoms with E-state index in [9.17, 15) is 9.59 Å². The average Bonchev–Trinajstić information content (AvgIpc) is 3.04. The van der Waals surface area contributed by atoms with Crippen LogP contribution in [0.1, 0.15) is 41.9 Å². The molecular weight excluding hydrogens is 400 g/mol. The molecule has 2 N–H and O–H groups in total. The zero-order valence-corrected chi connectivity index (χ0v) is 19.3. The first-order chi connectivity index (χ1) is 15.3. The number of rotatable bonds is 9. The molecule has 2 amide bonds. The Balaban J connectivity index is 1.62. The summed E-state index contributed by atoms with van der Waals surface area (Å²) in [5, 5.41) is 10.6. The summed E-state index contributed by atoms with van der Waals surface area (Å²) in [5.74, 6) is -0.373. The Labute approximate surface area is 190 Å². The number of aromatic nitrogens is 2. The Morgan fingerprint density at radius 2 is 1.53 bits per heavy atom. The van der Waals surface area contributed by atoms with Crippen molar-refractivity contribution in [1.82, 2.24) is 20.4 Å². The van der Waals surface area contributed by atoms with E-state index in [2.05, 4.69) is 27.9 Å². The highest BCUT2D eigenvalue weighted by atomic mass is 16.2. The average molecular weight is 433 g/mol. The molecule has 0 radical (unpaired) electrons. The Hall–Kier alpha value is -3.41. The van der Waals surface area contributed by atoms with E-state index in [1.54, 1.807) is 0 Å². The molecule has 0 fully saturated rings. The van der Waals surface area contributed by atoms with Crippen molar-refractivity contribution >= 4 is 11.8 Å². The smallest absolute Gasteiger partial charge is 0.243 e. The van der Waals surface area contributed by atoms with Crippen molar-refractivity contribution in [3.05, 3.63) is 88.7 Å². The molecule has 0 aliphatic heterocycles. The molecule has 1 atom stereocenters. The summed E-state index contributed by atoms with van der Waals surface area (Å²) in [6.45, 7) is 8.90. The molecule has 0 bridgehead atoms. The SMILES string of the molecule is Cc1nn(Cc2ccccc2)c(C)c1CNC(=O)[C@@H](NC(=O)Cc1ccccc1)C(C)C. The van der Waals surface area contributed by atoms with Crippen LogP contribution in [0.25, 0.3) is 0 Å². The molecule has 0 saturated heterocycles. The standard InChI is InChI=1S/C26H32N4O2/c1-18(2)25(28-24(31)15-21-11-7-5-8-12-21)26(32)27-16-23-19(3)29-30(20(23)4)17-22-13-9-6-10-14-22/h5-14,18,25H,15-17H2,1-4H3,(H,27,32)(H,28,31)/t25-/m0/s1. The normalized spacial score (nSPS) is 11.9. The number of nitrogens with one attached hydrogen (secondary N) is 2. The molecule has 1 aromatic heterocycles. The zero-order chi connectivity index (χ0) is 23.1. The third-order valence-corrected chi connectivity index (χ3v) is 5.62. The second-order valence-corrected chi connectivity index (χ2v) is 8.46. The van der Waals surface area contributed by atoms with Crippen LogP contribution in [-0.4, -0.2) is 27.6 Å². The predicted octanol–water partition coefficient (Wildman–Crippen LogP) is 3.55. The lowest BCUT2D eigenvalue weighted by atomic mass is 10.0. The van der Waals surface area contributed by atoms with Crippen LogP contribution in [0, 0.1) is 19.8 Å². The maximum Gasteiger partial charge on any atom is 0.243 e. The van der Waals surface area contributed by atoms with Gasteiger partial charge in [0.1, 0.15) is 6.04 Å². The minimum Gasteiger partial charge on any atom is -0.350 e. The van der Waals surface area contributed by atoms with Crippen LogP contribution in [0.2, 0.25) is 0 Å². The first-order valence-electron chi connectivity index (χ1n) is 11.0. The van der Waals surface area contributed by atoms with E-state index in [0.29, 0.717) is 13.1 Å². The van der Waals surface area contributed by atoms with Gasteiger partial charge in [0.2, 0.25) is 11.8 Å². The lowest BCUT2D eigenvalue weighted by Gasteiger charge is -2.22. The molecule has 0 aliphatic rings. The number of carbonyl (C=O) groups is 2. The number of hydrogen-bond donors (Lipinski definition) is 2. The number of nitrogens with zero attached hydrogens (tertiary/aromatic N) is 2.